The van der Waals surface area contributed by atoms with Crippen LogP contribution in [-0.2, 0) is 9.53 Å². The van der Waals surface area contributed by atoms with Gasteiger partial charge in [0.1, 0.15) is 18.1 Å². The number of nitrogens with one attached hydrogen (secondary N) is 1. The Morgan fingerprint density at radius 2 is 2.04 bits per heavy atom. The molecule has 26 heavy (non-hydrogen) atoms. The van der Waals surface area contributed by atoms with E-state index in [1.165, 1.54) is 6.08 Å². The SMILES string of the molecule is COc1ccccc1C=CC(=O)Nc1ccc(OCC2CCCO2)cc1. The van der Waals surface area contributed by atoms with E-state index in [0.29, 0.717) is 12.3 Å². The summed E-state index contributed by atoms with van der Waals surface area (Å²) in [7, 11) is 1.61. The summed E-state index contributed by atoms with van der Waals surface area (Å²) in [4.78, 5) is 12.1. The Morgan fingerprint density at radius 3 is 2.77 bits per heavy atom. The molecule has 1 N–H and O–H groups in total. The average molecular weight is 353 g/mol. The molecular weight excluding hydrogens is 330 g/mol. The smallest absolute Gasteiger partial charge is 0.248 e. The molecule has 0 radical (unpaired) electrons. The van der Waals surface area contributed by atoms with Gasteiger partial charge in [0.05, 0.1) is 13.2 Å². The minimum Gasteiger partial charge on any atom is -0.496 e. The van der Waals surface area contributed by atoms with Gasteiger partial charge < -0.3 is 19.5 Å². The summed E-state index contributed by atoms with van der Waals surface area (Å²) < 4.78 is 16.5. The Labute approximate surface area is 153 Å². The van der Waals surface area contributed by atoms with Crippen LogP contribution in [0.25, 0.3) is 6.08 Å². The van der Waals surface area contributed by atoms with E-state index in [0.717, 1.165) is 36.5 Å². The van der Waals surface area contributed by atoms with E-state index < -0.39 is 0 Å². The van der Waals surface area contributed by atoms with Crippen molar-refractivity contribution in [3.05, 3.63) is 60.2 Å². The number of hydrogen-bond acceptors (Lipinski definition) is 4. The van der Waals surface area contributed by atoms with Gasteiger partial charge in [-0.15, -0.1) is 0 Å². The Balaban J connectivity index is 1.51. The number of para-hydroxylation sites is 1. The maximum atomic E-state index is 12.1. The molecule has 5 nitrogen and oxygen atoms in total. The van der Waals surface area contributed by atoms with E-state index in [1.54, 1.807) is 13.2 Å². The van der Waals surface area contributed by atoms with Crippen molar-refractivity contribution in [1.82, 2.24) is 0 Å². The molecule has 1 aliphatic heterocycles. The zero-order valence-electron chi connectivity index (χ0n) is 14.8. The van der Waals surface area contributed by atoms with E-state index in [9.17, 15) is 4.79 Å². The van der Waals surface area contributed by atoms with Crippen molar-refractivity contribution in [3.8, 4) is 11.5 Å². The van der Waals surface area contributed by atoms with E-state index in [2.05, 4.69) is 5.32 Å². The third kappa shape index (κ3) is 5.10. The van der Waals surface area contributed by atoms with Crippen LogP contribution in [0.2, 0.25) is 0 Å². The lowest BCUT2D eigenvalue weighted by atomic mass is 10.2. The van der Waals surface area contributed by atoms with Gasteiger partial charge in [0, 0.05) is 23.9 Å². The van der Waals surface area contributed by atoms with Crippen LogP contribution < -0.4 is 14.8 Å². The standard InChI is InChI=1S/C21H23NO4/c1-24-20-7-3-2-5-16(20)8-13-21(23)22-17-9-11-18(12-10-17)26-15-19-6-4-14-25-19/h2-3,5,7-13,19H,4,6,14-15H2,1H3,(H,22,23). The number of anilines is 1. The number of hydrogen-bond donors (Lipinski definition) is 1. The van der Waals surface area contributed by atoms with Gasteiger partial charge in [-0.25, -0.2) is 0 Å². The first-order valence-electron chi connectivity index (χ1n) is 8.71. The van der Waals surface area contributed by atoms with Crippen LogP contribution in [0.5, 0.6) is 11.5 Å². The molecule has 1 fully saturated rings. The van der Waals surface area contributed by atoms with Gasteiger partial charge in [0.25, 0.3) is 0 Å². The quantitative estimate of drug-likeness (QED) is 0.767. The normalized spacial score (nSPS) is 16.6. The molecule has 0 bridgehead atoms. The van der Waals surface area contributed by atoms with Gasteiger partial charge in [0.15, 0.2) is 0 Å². The van der Waals surface area contributed by atoms with Gasteiger partial charge in [-0.1, -0.05) is 18.2 Å². The van der Waals surface area contributed by atoms with Crippen LogP contribution in [0.4, 0.5) is 5.69 Å². The molecule has 136 valence electrons. The molecule has 2 aromatic carbocycles. The minimum absolute atomic E-state index is 0.189. The topological polar surface area (TPSA) is 56.8 Å². The highest BCUT2D eigenvalue weighted by molar-refractivity contribution is 6.02. The van der Waals surface area contributed by atoms with Crippen LogP contribution in [0.3, 0.4) is 0 Å². The fraction of sp³-hybridized carbons (Fsp3) is 0.286. The highest BCUT2D eigenvalue weighted by Gasteiger charge is 2.15. The molecule has 1 amide bonds. The molecule has 2 aromatic rings. The van der Waals surface area contributed by atoms with Crippen molar-refractivity contribution in [3.63, 3.8) is 0 Å². The number of rotatable bonds is 7. The molecule has 0 saturated carbocycles. The number of benzene rings is 2. The lowest BCUT2D eigenvalue weighted by Crippen LogP contribution is -2.16. The third-order valence-corrected chi connectivity index (χ3v) is 4.13. The van der Waals surface area contributed by atoms with E-state index in [4.69, 9.17) is 14.2 Å². The summed E-state index contributed by atoms with van der Waals surface area (Å²) in [5.41, 5.74) is 1.56. The number of carbonyl (C=O) groups excluding carboxylic acids is 1. The van der Waals surface area contributed by atoms with Gasteiger partial charge in [-0.2, -0.15) is 0 Å². The van der Waals surface area contributed by atoms with Crippen LogP contribution in [0, 0.1) is 0 Å². The van der Waals surface area contributed by atoms with Crippen molar-refractivity contribution in [2.24, 2.45) is 0 Å². The summed E-state index contributed by atoms with van der Waals surface area (Å²) in [5.74, 6) is 1.29. The zero-order chi connectivity index (χ0) is 18.2. The third-order valence-electron chi connectivity index (χ3n) is 4.13. The zero-order valence-corrected chi connectivity index (χ0v) is 14.8. The second kappa shape index (κ2) is 9.06. The molecule has 0 spiro atoms. The van der Waals surface area contributed by atoms with Crippen molar-refractivity contribution in [2.45, 2.75) is 18.9 Å². The highest BCUT2D eigenvalue weighted by atomic mass is 16.5. The second-order valence-corrected chi connectivity index (χ2v) is 6.03. The summed E-state index contributed by atoms with van der Waals surface area (Å²) in [5, 5.41) is 2.83. The molecule has 1 unspecified atom stereocenters. The molecule has 1 aliphatic rings. The van der Waals surface area contributed by atoms with Gasteiger partial charge >= 0.3 is 0 Å². The highest BCUT2D eigenvalue weighted by Crippen LogP contribution is 2.20. The Hall–Kier alpha value is -2.79. The lowest BCUT2D eigenvalue weighted by Gasteiger charge is -2.11. The maximum absolute atomic E-state index is 12.1. The maximum Gasteiger partial charge on any atom is 0.248 e. The summed E-state index contributed by atoms with van der Waals surface area (Å²) in [6.07, 6.45) is 5.55. The predicted octanol–water partition coefficient (Wildman–Crippen LogP) is 3.90. The molecule has 1 atom stereocenters. The largest absolute Gasteiger partial charge is 0.496 e. The van der Waals surface area contributed by atoms with Gasteiger partial charge in [-0.3, -0.25) is 4.79 Å². The molecule has 1 heterocycles. The Kier molecular flexibility index (Phi) is 6.28. The van der Waals surface area contributed by atoms with Crippen molar-refractivity contribution in [2.75, 3.05) is 25.6 Å². The minimum atomic E-state index is -0.205. The first kappa shape index (κ1) is 18.0. The summed E-state index contributed by atoms with van der Waals surface area (Å²) >= 11 is 0. The number of carbonyl (C=O) groups is 1. The number of ether oxygens (including phenoxy) is 3. The number of methoxy groups -OCH3 is 1. The van der Waals surface area contributed by atoms with E-state index >= 15 is 0 Å². The van der Waals surface area contributed by atoms with E-state index in [-0.39, 0.29) is 12.0 Å². The fourth-order valence-corrected chi connectivity index (χ4v) is 2.75. The Morgan fingerprint density at radius 1 is 1.23 bits per heavy atom. The first-order valence-corrected chi connectivity index (χ1v) is 8.71. The fourth-order valence-electron chi connectivity index (χ4n) is 2.75. The van der Waals surface area contributed by atoms with Crippen LogP contribution in [0.1, 0.15) is 18.4 Å². The van der Waals surface area contributed by atoms with Crippen molar-refractivity contribution >= 4 is 17.7 Å². The van der Waals surface area contributed by atoms with Crippen molar-refractivity contribution in [1.29, 1.82) is 0 Å². The Bertz CT molecular complexity index is 749. The first-order chi connectivity index (χ1) is 12.7. The second-order valence-electron chi connectivity index (χ2n) is 6.03. The summed E-state index contributed by atoms with van der Waals surface area (Å²) in [6.45, 7) is 1.38. The van der Waals surface area contributed by atoms with Crippen LogP contribution in [0.15, 0.2) is 54.6 Å². The summed E-state index contributed by atoms with van der Waals surface area (Å²) in [6, 6.07) is 14.9. The molecule has 1 saturated heterocycles. The average Bonchev–Trinajstić information content (AvgIpc) is 3.20. The lowest BCUT2D eigenvalue weighted by molar-refractivity contribution is -0.111. The molecule has 3 rings (SSSR count). The molecule has 5 heteroatoms. The van der Waals surface area contributed by atoms with Gasteiger partial charge in [0.2, 0.25) is 5.91 Å². The molecular formula is C21H23NO4. The predicted molar refractivity (Wildman–Crippen MR) is 102 cm³/mol. The van der Waals surface area contributed by atoms with E-state index in [1.807, 2.05) is 48.5 Å². The van der Waals surface area contributed by atoms with Gasteiger partial charge in [-0.05, 0) is 49.2 Å². The molecule has 0 aliphatic carbocycles. The van der Waals surface area contributed by atoms with Crippen molar-refractivity contribution < 1.29 is 19.0 Å². The van der Waals surface area contributed by atoms with Crippen LogP contribution >= 0.6 is 0 Å². The monoisotopic (exact) mass is 353 g/mol. The number of amides is 1. The molecule has 0 aromatic heterocycles. The van der Waals surface area contributed by atoms with Crippen LogP contribution in [-0.4, -0.2) is 32.3 Å².